The van der Waals surface area contributed by atoms with E-state index >= 15 is 0 Å². The van der Waals surface area contributed by atoms with Gasteiger partial charge in [-0.2, -0.15) is 0 Å². The van der Waals surface area contributed by atoms with E-state index < -0.39 is 0 Å². The van der Waals surface area contributed by atoms with E-state index in [1.54, 1.807) is 0 Å². The first-order valence-electron chi connectivity index (χ1n) is 8.35. The number of para-hydroxylation sites is 1. The van der Waals surface area contributed by atoms with E-state index in [0.717, 1.165) is 22.2 Å². The Morgan fingerprint density at radius 3 is 2.65 bits per heavy atom. The molecule has 0 unspecified atom stereocenters. The summed E-state index contributed by atoms with van der Waals surface area (Å²) in [5.41, 5.74) is 5.92. The van der Waals surface area contributed by atoms with Crippen molar-refractivity contribution in [1.82, 2.24) is 4.98 Å². The monoisotopic (exact) mass is 362 g/mol. The number of amides is 1. The summed E-state index contributed by atoms with van der Waals surface area (Å²) in [6.07, 6.45) is 0. The van der Waals surface area contributed by atoms with Gasteiger partial charge in [0.15, 0.2) is 10.9 Å². The molecular weight excluding hydrogens is 344 g/mol. The van der Waals surface area contributed by atoms with Gasteiger partial charge in [0, 0.05) is 21.9 Å². The second kappa shape index (κ2) is 6.42. The number of hydrogen-bond acceptors (Lipinski definition) is 4. The van der Waals surface area contributed by atoms with E-state index in [2.05, 4.69) is 36.3 Å². The van der Waals surface area contributed by atoms with Crippen molar-refractivity contribution in [2.75, 3.05) is 5.32 Å². The molecule has 0 aliphatic rings. The van der Waals surface area contributed by atoms with Crippen molar-refractivity contribution in [1.29, 1.82) is 0 Å². The summed E-state index contributed by atoms with van der Waals surface area (Å²) >= 11 is 1.41. The molecule has 0 saturated heterocycles. The molecule has 4 aromatic rings. The first-order chi connectivity index (χ1) is 12.5. The van der Waals surface area contributed by atoms with Crippen molar-refractivity contribution in [3.05, 3.63) is 70.3 Å². The minimum Gasteiger partial charge on any atom is -0.451 e. The number of nitrogens with zero attached hydrogens (tertiary/aromatic N) is 1. The summed E-state index contributed by atoms with van der Waals surface area (Å²) in [4.78, 5) is 17.2. The van der Waals surface area contributed by atoms with E-state index in [1.807, 2.05) is 42.6 Å². The summed E-state index contributed by atoms with van der Waals surface area (Å²) in [5, 5.41) is 6.31. The average molecular weight is 362 g/mol. The Hall–Kier alpha value is -2.92. The Morgan fingerprint density at radius 2 is 1.88 bits per heavy atom. The van der Waals surface area contributed by atoms with Gasteiger partial charge in [-0.05, 0) is 44.0 Å². The number of furan rings is 1. The van der Waals surface area contributed by atoms with Gasteiger partial charge in [0.1, 0.15) is 5.58 Å². The maximum absolute atomic E-state index is 12.6. The minimum atomic E-state index is -0.278. The molecule has 0 aliphatic carbocycles. The van der Waals surface area contributed by atoms with E-state index in [-0.39, 0.29) is 5.91 Å². The second-order valence-corrected chi connectivity index (χ2v) is 7.20. The summed E-state index contributed by atoms with van der Waals surface area (Å²) in [6, 6.07) is 13.9. The third-order valence-corrected chi connectivity index (χ3v) is 5.33. The Labute approximate surface area is 155 Å². The first kappa shape index (κ1) is 16.5. The van der Waals surface area contributed by atoms with Crippen molar-refractivity contribution in [3.8, 4) is 11.3 Å². The van der Waals surface area contributed by atoms with Crippen LogP contribution in [-0.4, -0.2) is 10.9 Å². The number of hydrogen-bond donors (Lipinski definition) is 1. The molecule has 0 bridgehead atoms. The molecule has 4 nitrogen and oxygen atoms in total. The lowest BCUT2D eigenvalue weighted by Gasteiger charge is -2.02. The molecule has 0 saturated carbocycles. The lowest BCUT2D eigenvalue weighted by Crippen LogP contribution is -2.11. The number of fused-ring (bicyclic) bond motifs is 1. The fourth-order valence-electron chi connectivity index (χ4n) is 2.91. The fourth-order valence-corrected chi connectivity index (χ4v) is 3.62. The molecule has 0 radical (unpaired) electrons. The van der Waals surface area contributed by atoms with Crippen molar-refractivity contribution in [2.45, 2.75) is 20.8 Å². The van der Waals surface area contributed by atoms with Crippen molar-refractivity contribution < 1.29 is 9.21 Å². The average Bonchev–Trinajstić information content (AvgIpc) is 3.23. The van der Waals surface area contributed by atoms with Gasteiger partial charge in [0.2, 0.25) is 0 Å². The van der Waals surface area contributed by atoms with E-state index in [0.29, 0.717) is 16.5 Å². The zero-order valence-electron chi connectivity index (χ0n) is 14.8. The highest BCUT2D eigenvalue weighted by Gasteiger charge is 2.18. The molecule has 2 aromatic heterocycles. The van der Waals surface area contributed by atoms with Gasteiger partial charge in [0.25, 0.3) is 5.91 Å². The number of nitrogens with one attached hydrogen (secondary N) is 1. The highest BCUT2D eigenvalue weighted by atomic mass is 32.1. The van der Waals surface area contributed by atoms with Gasteiger partial charge in [0.05, 0.1) is 5.69 Å². The van der Waals surface area contributed by atoms with Crippen LogP contribution in [0.25, 0.3) is 22.2 Å². The molecule has 5 heteroatoms. The molecule has 2 aromatic carbocycles. The summed E-state index contributed by atoms with van der Waals surface area (Å²) < 4.78 is 5.72. The number of anilines is 1. The van der Waals surface area contributed by atoms with Gasteiger partial charge in [-0.3, -0.25) is 10.1 Å². The number of aromatic nitrogens is 1. The standard InChI is InChI=1S/C21H18N2O2S/c1-12-8-9-15(10-13(12)2)17-11-26-21(22-17)23-20(24)19-14(3)16-6-4-5-7-18(16)25-19/h4-11H,1-3H3,(H,22,23,24). The van der Waals surface area contributed by atoms with E-state index in [9.17, 15) is 4.79 Å². The number of carbonyl (C=O) groups excluding carboxylic acids is 1. The van der Waals surface area contributed by atoms with Crippen LogP contribution < -0.4 is 5.32 Å². The molecule has 1 N–H and O–H groups in total. The summed E-state index contributed by atoms with van der Waals surface area (Å²) in [7, 11) is 0. The topological polar surface area (TPSA) is 55.1 Å². The van der Waals surface area contributed by atoms with Crippen LogP contribution >= 0.6 is 11.3 Å². The summed E-state index contributed by atoms with van der Waals surface area (Å²) in [5.74, 6) is 0.0498. The maximum atomic E-state index is 12.6. The first-order valence-corrected chi connectivity index (χ1v) is 9.23. The highest BCUT2D eigenvalue weighted by Crippen LogP contribution is 2.29. The van der Waals surface area contributed by atoms with Crippen LogP contribution in [0.4, 0.5) is 5.13 Å². The third-order valence-electron chi connectivity index (χ3n) is 4.58. The number of rotatable bonds is 3. The van der Waals surface area contributed by atoms with Crippen LogP contribution in [0, 0.1) is 20.8 Å². The largest absolute Gasteiger partial charge is 0.451 e. The highest BCUT2D eigenvalue weighted by molar-refractivity contribution is 7.14. The van der Waals surface area contributed by atoms with E-state index in [4.69, 9.17) is 4.42 Å². The molecule has 2 heterocycles. The van der Waals surface area contributed by atoms with Gasteiger partial charge in [-0.25, -0.2) is 4.98 Å². The minimum absolute atomic E-state index is 0.278. The predicted octanol–water partition coefficient (Wildman–Crippen LogP) is 5.73. The molecule has 0 spiro atoms. The number of thiazole rings is 1. The molecular formula is C21H18N2O2S. The molecule has 4 rings (SSSR count). The van der Waals surface area contributed by atoms with Crippen LogP contribution in [0.1, 0.15) is 27.2 Å². The molecule has 1 amide bonds. The van der Waals surface area contributed by atoms with Crippen LogP contribution in [0.15, 0.2) is 52.3 Å². The van der Waals surface area contributed by atoms with Crippen molar-refractivity contribution in [3.63, 3.8) is 0 Å². The fraction of sp³-hybridized carbons (Fsp3) is 0.143. The van der Waals surface area contributed by atoms with Gasteiger partial charge in [-0.15, -0.1) is 11.3 Å². The van der Waals surface area contributed by atoms with E-state index in [1.165, 1.54) is 22.5 Å². The normalized spacial score (nSPS) is 11.0. The molecule has 130 valence electrons. The number of benzene rings is 2. The Morgan fingerprint density at radius 1 is 1.08 bits per heavy atom. The smallest absolute Gasteiger partial charge is 0.293 e. The predicted molar refractivity (Wildman–Crippen MR) is 106 cm³/mol. The van der Waals surface area contributed by atoms with Gasteiger partial charge in [-0.1, -0.05) is 30.3 Å². The Kier molecular flexibility index (Phi) is 4.09. The van der Waals surface area contributed by atoms with Gasteiger partial charge >= 0.3 is 0 Å². The zero-order chi connectivity index (χ0) is 18.3. The van der Waals surface area contributed by atoms with Crippen LogP contribution in [0.3, 0.4) is 0 Å². The van der Waals surface area contributed by atoms with Crippen LogP contribution in [-0.2, 0) is 0 Å². The van der Waals surface area contributed by atoms with Crippen LogP contribution in [0.2, 0.25) is 0 Å². The van der Waals surface area contributed by atoms with Crippen LogP contribution in [0.5, 0.6) is 0 Å². The zero-order valence-corrected chi connectivity index (χ0v) is 15.6. The third kappa shape index (κ3) is 2.91. The lowest BCUT2D eigenvalue weighted by molar-refractivity contribution is 0.0998. The quantitative estimate of drug-likeness (QED) is 0.506. The second-order valence-electron chi connectivity index (χ2n) is 6.34. The van der Waals surface area contributed by atoms with Gasteiger partial charge < -0.3 is 4.42 Å². The Bertz CT molecular complexity index is 1120. The summed E-state index contributed by atoms with van der Waals surface area (Å²) in [6.45, 7) is 6.06. The molecule has 26 heavy (non-hydrogen) atoms. The van der Waals surface area contributed by atoms with Crippen molar-refractivity contribution in [2.24, 2.45) is 0 Å². The SMILES string of the molecule is Cc1ccc(-c2csc(NC(=O)c3oc4ccccc4c3C)n2)cc1C. The molecule has 0 aliphatic heterocycles. The maximum Gasteiger partial charge on any atom is 0.293 e. The molecule has 0 atom stereocenters. The molecule has 0 fully saturated rings. The lowest BCUT2D eigenvalue weighted by atomic mass is 10.1. The Balaban J connectivity index is 1.59. The number of carbonyl (C=O) groups is 1. The number of aryl methyl sites for hydroxylation is 3. The van der Waals surface area contributed by atoms with Crippen molar-refractivity contribution >= 4 is 33.3 Å².